The van der Waals surface area contributed by atoms with Crippen LogP contribution in [0.3, 0.4) is 0 Å². The number of rotatable bonds is 1. The SMILES string of the molecule is CC(C)(C)NC1C(=S=O)CCCc2ccccc21. The van der Waals surface area contributed by atoms with Gasteiger partial charge in [-0.05, 0) is 51.2 Å². The minimum Gasteiger partial charge on any atom is -0.301 e. The fourth-order valence-corrected chi connectivity index (χ4v) is 3.01. The zero-order chi connectivity index (χ0) is 13.2. The van der Waals surface area contributed by atoms with E-state index in [0.29, 0.717) is 11.3 Å². The van der Waals surface area contributed by atoms with Crippen LogP contribution in [0, 0.1) is 0 Å². The van der Waals surface area contributed by atoms with Crippen molar-refractivity contribution in [3.05, 3.63) is 35.4 Å². The highest BCUT2D eigenvalue weighted by Crippen LogP contribution is 2.28. The zero-order valence-electron chi connectivity index (χ0n) is 11.3. The number of hydrogen-bond donors (Lipinski definition) is 1. The molecule has 1 N–H and O–H groups in total. The molecule has 0 fully saturated rings. The third-order valence-corrected chi connectivity index (χ3v) is 3.90. The van der Waals surface area contributed by atoms with Crippen LogP contribution in [0.1, 0.15) is 50.8 Å². The summed E-state index contributed by atoms with van der Waals surface area (Å²) in [5.74, 6) is 0. The molecule has 0 amide bonds. The quantitative estimate of drug-likeness (QED) is 0.623. The van der Waals surface area contributed by atoms with Crippen molar-refractivity contribution in [2.45, 2.75) is 51.6 Å². The summed E-state index contributed by atoms with van der Waals surface area (Å²) in [6.45, 7) is 6.44. The van der Waals surface area contributed by atoms with Gasteiger partial charge in [0.2, 0.25) is 0 Å². The Morgan fingerprint density at radius 2 is 1.94 bits per heavy atom. The van der Waals surface area contributed by atoms with Crippen molar-refractivity contribution < 1.29 is 4.21 Å². The van der Waals surface area contributed by atoms with Gasteiger partial charge in [-0.25, -0.2) is 4.21 Å². The summed E-state index contributed by atoms with van der Waals surface area (Å²) in [7, 11) is 0. The van der Waals surface area contributed by atoms with E-state index in [0.717, 1.165) is 24.1 Å². The number of fused-ring (bicyclic) bond motifs is 1. The molecule has 0 saturated carbocycles. The van der Waals surface area contributed by atoms with Gasteiger partial charge in [-0.3, -0.25) is 0 Å². The lowest BCUT2D eigenvalue weighted by atomic mass is 9.96. The molecule has 2 rings (SSSR count). The maximum Gasteiger partial charge on any atom is 0.0896 e. The minimum atomic E-state index is 0.00307. The van der Waals surface area contributed by atoms with E-state index in [1.807, 2.05) is 0 Å². The molecule has 0 aliphatic heterocycles. The number of benzene rings is 1. The molecule has 1 atom stereocenters. The molecular formula is C15H21NOS. The lowest BCUT2D eigenvalue weighted by molar-refractivity contribution is 0.407. The lowest BCUT2D eigenvalue weighted by Gasteiger charge is -2.29. The highest BCUT2D eigenvalue weighted by molar-refractivity contribution is 7.66. The standard InChI is InChI=1S/C15H21NOS/c1-15(2,3)16-14-12-9-5-4-7-11(12)8-6-10-13(14)18-17/h4-5,7,9,14,16H,6,8,10H2,1-3H3. The molecule has 0 radical (unpaired) electrons. The fourth-order valence-electron chi connectivity index (χ4n) is 2.50. The van der Waals surface area contributed by atoms with Crippen molar-refractivity contribution >= 4 is 16.1 Å². The Morgan fingerprint density at radius 1 is 1.22 bits per heavy atom. The van der Waals surface area contributed by atoms with Gasteiger partial charge < -0.3 is 5.32 Å². The number of hydrogen-bond acceptors (Lipinski definition) is 2. The molecule has 0 spiro atoms. The third-order valence-electron chi connectivity index (χ3n) is 3.24. The Kier molecular flexibility index (Phi) is 4.03. The van der Waals surface area contributed by atoms with Crippen LogP contribution in [0.5, 0.6) is 0 Å². The minimum absolute atomic E-state index is 0.00307. The average Bonchev–Trinajstić information content (AvgIpc) is 2.47. The van der Waals surface area contributed by atoms with E-state index in [4.69, 9.17) is 0 Å². The van der Waals surface area contributed by atoms with Crippen LogP contribution in [0.4, 0.5) is 0 Å². The molecule has 1 aliphatic carbocycles. The molecule has 3 heteroatoms. The van der Waals surface area contributed by atoms with Gasteiger partial charge in [0.1, 0.15) is 0 Å². The molecule has 98 valence electrons. The van der Waals surface area contributed by atoms with Crippen LogP contribution < -0.4 is 5.32 Å². The van der Waals surface area contributed by atoms with E-state index >= 15 is 0 Å². The van der Waals surface area contributed by atoms with Gasteiger partial charge in [-0.1, -0.05) is 24.3 Å². The number of aryl methyl sites for hydroxylation is 1. The summed E-state index contributed by atoms with van der Waals surface area (Å²) >= 11 is 0.676. The predicted molar refractivity (Wildman–Crippen MR) is 78.2 cm³/mol. The predicted octanol–water partition coefficient (Wildman–Crippen LogP) is 2.84. The maximum atomic E-state index is 11.4. The first-order valence-corrected chi connectivity index (χ1v) is 7.26. The van der Waals surface area contributed by atoms with Crippen LogP contribution in [0.25, 0.3) is 0 Å². The first kappa shape index (κ1) is 13.5. The van der Waals surface area contributed by atoms with Crippen LogP contribution in [0.15, 0.2) is 24.3 Å². The first-order valence-electron chi connectivity index (χ1n) is 6.52. The summed E-state index contributed by atoms with van der Waals surface area (Å²) in [5.41, 5.74) is 2.66. The van der Waals surface area contributed by atoms with Crippen molar-refractivity contribution in [2.75, 3.05) is 0 Å². The lowest BCUT2D eigenvalue weighted by Crippen LogP contribution is -2.42. The van der Waals surface area contributed by atoms with Gasteiger partial charge in [0, 0.05) is 10.4 Å². The monoisotopic (exact) mass is 263 g/mol. The largest absolute Gasteiger partial charge is 0.301 e. The van der Waals surface area contributed by atoms with E-state index < -0.39 is 0 Å². The molecule has 0 aromatic heterocycles. The van der Waals surface area contributed by atoms with E-state index in [9.17, 15) is 4.21 Å². The molecule has 1 aliphatic rings. The molecule has 1 unspecified atom stereocenters. The summed E-state index contributed by atoms with van der Waals surface area (Å²) in [5, 5.41) is 3.60. The molecule has 0 heterocycles. The van der Waals surface area contributed by atoms with E-state index in [1.54, 1.807) is 0 Å². The Hall–Kier alpha value is -0.930. The van der Waals surface area contributed by atoms with Crippen LogP contribution >= 0.6 is 0 Å². The smallest absolute Gasteiger partial charge is 0.0896 e. The molecule has 2 nitrogen and oxygen atoms in total. The Bertz CT molecular complexity index is 484. The first-order chi connectivity index (χ1) is 8.51. The summed E-state index contributed by atoms with van der Waals surface area (Å²) in [4.78, 5) is 1.02. The van der Waals surface area contributed by atoms with Gasteiger partial charge in [-0.15, -0.1) is 0 Å². The maximum absolute atomic E-state index is 11.4. The Labute approximate surface area is 113 Å². The molecule has 18 heavy (non-hydrogen) atoms. The fraction of sp³-hybridized carbons (Fsp3) is 0.533. The van der Waals surface area contributed by atoms with E-state index in [1.165, 1.54) is 11.1 Å². The zero-order valence-corrected chi connectivity index (χ0v) is 12.1. The van der Waals surface area contributed by atoms with E-state index in [-0.39, 0.29) is 11.6 Å². The van der Waals surface area contributed by atoms with Gasteiger partial charge in [0.25, 0.3) is 0 Å². The second-order valence-electron chi connectivity index (χ2n) is 5.93. The van der Waals surface area contributed by atoms with Crippen LogP contribution in [-0.2, 0) is 17.7 Å². The van der Waals surface area contributed by atoms with Crippen molar-refractivity contribution in [1.82, 2.24) is 5.32 Å². The summed E-state index contributed by atoms with van der Waals surface area (Å²) in [6, 6.07) is 8.58. The van der Waals surface area contributed by atoms with Crippen molar-refractivity contribution in [1.29, 1.82) is 0 Å². The molecule has 0 bridgehead atoms. The topological polar surface area (TPSA) is 29.1 Å². The summed E-state index contributed by atoms with van der Waals surface area (Å²) < 4.78 is 11.4. The van der Waals surface area contributed by atoms with Gasteiger partial charge in [0.05, 0.1) is 17.3 Å². The Morgan fingerprint density at radius 3 is 2.61 bits per heavy atom. The molecular weight excluding hydrogens is 242 g/mol. The van der Waals surface area contributed by atoms with Crippen molar-refractivity contribution in [3.63, 3.8) is 0 Å². The molecule has 1 aromatic rings. The van der Waals surface area contributed by atoms with Crippen LogP contribution in [-0.4, -0.2) is 14.6 Å². The van der Waals surface area contributed by atoms with Crippen molar-refractivity contribution in [2.24, 2.45) is 0 Å². The molecule has 1 aromatic carbocycles. The van der Waals surface area contributed by atoms with Gasteiger partial charge >= 0.3 is 0 Å². The van der Waals surface area contributed by atoms with Crippen LogP contribution in [0.2, 0.25) is 0 Å². The van der Waals surface area contributed by atoms with Crippen molar-refractivity contribution in [3.8, 4) is 0 Å². The third kappa shape index (κ3) is 3.09. The average molecular weight is 263 g/mol. The highest BCUT2D eigenvalue weighted by atomic mass is 32.1. The summed E-state index contributed by atoms with van der Waals surface area (Å²) in [6.07, 6.45) is 3.06. The number of nitrogens with one attached hydrogen (secondary N) is 1. The second-order valence-corrected chi connectivity index (χ2v) is 6.62. The second kappa shape index (κ2) is 5.37. The van der Waals surface area contributed by atoms with Gasteiger partial charge in [-0.2, -0.15) is 0 Å². The molecule has 0 saturated heterocycles. The van der Waals surface area contributed by atoms with E-state index in [2.05, 4.69) is 50.4 Å². The van der Waals surface area contributed by atoms with Gasteiger partial charge in [0.15, 0.2) is 0 Å². The highest BCUT2D eigenvalue weighted by Gasteiger charge is 2.26. The normalized spacial score (nSPS) is 20.2. The Balaban J connectivity index is 2.45.